The molecule has 1 unspecified atom stereocenters. The SMILES string of the molecule is CCOC(=O)c1cnc(CCNC2CC[C@@H](C)N(C(=O)c3ccccc3-n3nccn3)C2)s1. The van der Waals surface area contributed by atoms with Gasteiger partial charge in [-0.25, -0.2) is 9.78 Å². The number of hydrogen-bond donors (Lipinski definition) is 1. The van der Waals surface area contributed by atoms with E-state index in [0.29, 0.717) is 29.3 Å². The lowest BCUT2D eigenvalue weighted by molar-refractivity contribution is 0.0530. The Morgan fingerprint density at radius 3 is 2.79 bits per heavy atom. The monoisotopic (exact) mass is 468 g/mol. The van der Waals surface area contributed by atoms with Crippen LogP contribution in [-0.4, -0.2) is 68.5 Å². The highest BCUT2D eigenvalue weighted by Gasteiger charge is 2.30. The first-order valence-electron chi connectivity index (χ1n) is 11.2. The molecule has 1 N–H and O–H groups in total. The summed E-state index contributed by atoms with van der Waals surface area (Å²) < 4.78 is 5.02. The van der Waals surface area contributed by atoms with Gasteiger partial charge in [-0.2, -0.15) is 15.0 Å². The molecule has 33 heavy (non-hydrogen) atoms. The van der Waals surface area contributed by atoms with Gasteiger partial charge in [-0.1, -0.05) is 12.1 Å². The van der Waals surface area contributed by atoms with Crippen molar-refractivity contribution in [3.63, 3.8) is 0 Å². The van der Waals surface area contributed by atoms with Crippen LogP contribution in [0, 0.1) is 0 Å². The molecule has 1 aromatic carbocycles. The molecule has 0 spiro atoms. The molecule has 1 saturated heterocycles. The summed E-state index contributed by atoms with van der Waals surface area (Å²) in [5, 5.41) is 12.8. The number of likely N-dealkylation sites (tertiary alicyclic amines) is 1. The minimum Gasteiger partial charge on any atom is -0.462 e. The Balaban J connectivity index is 1.36. The number of aromatic nitrogens is 4. The summed E-state index contributed by atoms with van der Waals surface area (Å²) in [6.07, 6.45) is 7.42. The van der Waals surface area contributed by atoms with Crippen molar-refractivity contribution >= 4 is 23.2 Å². The molecule has 4 rings (SSSR count). The van der Waals surface area contributed by atoms with Crippen molar-refractivity contribution in [3.05, 3.63) is 58.3 Å². The van der Waals surface area contributed by atoms with Crippen LogP contribution in [0.15, 0.2) is 42.9 Å². The molecule has 9 nitrogen and oxygen atoms in total. The van der Waals surface area contributed by atoms with Crippen molar-refractivity contribution < 1.29 is 14.3 Å². The number of nitrogens with zero attached hydrogens (tertiary/aromatic N) is 5. The van der Waals surface area contributed by atoms with E-state index in [2.05, 4.69) is 27.4 Å². The molecular weight excluding hydrogens is 440 g/mol. The zero-order valence-corrected chi connectivity index (χ0v) is 19.6. The van der Waals surface area contributed by atoms with E-state index in [1.54, 1.807) is 25.5 Å². The molecule has 0 bridgehead atoms. The van der Waals surface area contributed by atoms with Crippen LogP contribution in [-0.2, 0) is 11.2 Å². The van der Waals surface area contributed by atoms with Crippen molar-refractivity contribution in [1.82, 2.24) is 30.2 Å². The molecule has 1 fully saturated rings. The van der Waals surface area contributed by atoms with Crippen molar-refractivity contribution in [2.75, 3.05) is 19.7 Å². The molecule has 10 heteroatoms. The second-order valence-electron chi connectivity index (χ2n) is 7.96. The lowest BCUT2D eigenvalue weighted by Crippen LogP contribution is -2.52. The predicted octanol–water partition coefficient (Wildman–Crippen LogP) is 2.73. The summed E-state index contributed by atoms with van der Waals surface area (Å²) in [7, 11) is 0. The van der Waals surface area contributed by atoms with Gasteiger partial charge in [0.25, 0.3) is 5.91 Å². The number of hydrogen-bond acceptors (Lipinski definition) is 8. The van der Waals surface area contributed by atoms with Crippen molar-refractivity contribution in [1.29, 1.82) is 0 Å². The minimum absolute atomic E-state index is 0.0131. The fourth-order valence-electron chi connectivity index (χ4n) is 3.99. The van der Waals surface area contributed by atoms with Gasteiger partial charge in [-0.05, 0) is 38.8 Å². The summed E-state index contributed by atoms with van der Waals surface area (Å²) in [5.74, 6) is -0.337. The lowest BCUT2D eigenvalue weighted by atomic mass is 9.97. The Hall–Kier alpha value is -3.11. The number of carbonyl (C=O) groups excluding carboxylic acids is 2. The van der Waals surface area contributed by atoms with Gasteiger partial charge in [0, 0.05) is 31.6 Å². The van der Waals surface area contributed by atoms with E-state index < -0.39 is 0 Å². The fraction of sp³-hybridized carbons (Fsp3) is 0.435. The highest BCUT2D eigenvalue weighted by molar-refractivity contribution is 7.13. The number of amides is 1. The quantitative estimate of drug-likeness (QED) is 0.507. The average molecular weight is 469 g/mol. The molecule has 0 aliphatic carbocycles. The number of carbonyl (C=O) groups is 2. The summed E-state index contributed by atoms with van der Waals surface area (Å²) >= 11 is 1.37. The van der Waals surface area contributed by atoms with Gasteiger partial charge in [0.1, 0.15) is 4.88 Å². The van der Waals surface area contributed by atoms with Crippen LogP contribution in [0.1, 0.15) is 51.7 Å². The number of esters is 1. The van der Waals surface area contributed by atoms with Crippen LogP contribution < -0.4 is 5.32 Å². The predicted molar refractivity (Wildman–Crippen MR) is 125 cm³/mol. The Kier molecular flexibility index (Phi) is 7.46. The summed E-state index contributed by atoms with van der Waals surface area (Å²) in [6, 6.07) is 7.78. The fourth-order valence-corrected chi connectivity index (χ4v) is 4.80. The molecule has 1 amide bonds. The topological polar surface area (TPSA) is 102 Å². The van der Waals surface area contributed by atoms with Crippen LogP contribution in [0.3, 0.4) is 0 Å². The van der Waals surface area contributed by atoms with Crippen LogP contribution in [0.4, 0.5) is 0 Å². The minimum atomic E-state index is -0.324. The van der Waals surface area contributed by atoms with E-state index >= 15 is 0 Å². The largest absolute Gasteiger partial charge is 0.462 e. The zero-order valence-electron chi connectivity index (χ0n) is 18.8. The molecule has 1 aliphatic rings. The van der Waals surface area contributed by atoms with Gasteiger partial charge >= 0.3 is 5.97 Å². The normalized spacial score (nSPS) is 18.3. The molecule has 2 aromatic heterocycles. The number of benzene rings is 1. The maximum absolute atomic E-state index is 13.5. The first kappa shape index (κ1) is 23.1. The number of ether oxygens (including phenoxy) is 1. The molecule has 0 saturated carbocycles. The van der Waals surface area contributed by atoms with E-state index in [1.807, 2.05) is 29.2 Å². The summed E-state index contributed by atoms with van der Waals surface area (Å²) in [6.45, 7) is 5.59. The maximum atomic E-state index is 13.5. The molecule has 1 aliphatic heterocycles. The Morgan fingerprint density at radius 1 is 1.21 bits per heavy atom. The van der Waals surface area contributed by atoms with Crippen molar-refractivity contribution in [2.24, 2.45) is 0 Å². The van der Waals surface area contributed by atoms with Gasteiger partial charge < -0.3 is 15.0 Å². The van der Waals surface area contributed by atoms with Gasteiger partial charge in [0.05, 0.1) is 41.5 Å². The van der Waals surface area contributed by atoms with Crippen LogP contribution >= 0.6 is 11.3 Å². The maximum Gasteiger partial charge on any atom is 0.349 e. The second kappa shape index (κ2) is 10.7. The summed E-state index contributed by atoms with van der Waals surface area (Å²) in [4.78, 5) is 33.6. The smallest absolute Gasteiger partial charge is 0.349 e. The zero-order chi connectivity index (χ0) is 23.2. The van der Waals surface area contributed by atoms with Crippen LogP contribution in [0.5, 0.6) is 0 Å². The van der Waals surface area contributed by atoms with Gasteiger partial charge in [-0.3, -0.25) is 4.79 Å². The number of rotatable bonds is 8. The van der Waals surface area contributed by atoms with Gasteiger partial charge in [0.15, 0.2) is 0 Å². The second-order valence-corrected chi connectivity index (χ2v) is 9.07. The Labute approximate surface area is 196 Å². The molecule has 174 valence electrons. The molecule has 2 atom stereocenters. The Bertz CT molecular complexity index is 1080. The highest BCUT2D eigenvalue weighted by atomic mass is 32.1. The van der Waals surface area contributed by atoms with Crippen molar-refractivity contribution in [2.45, 2.75) is 45.2 Å². The third kappa shape index (κ3) is 5.45. The number of piperidine rings is 1. The molecule has 3 heterocycles. The lowest BCUT2D eigenvalue weighted by Gasteiger charge is -2.38. The number of nitrogens with one attached hydrogen (secondary N) is 1. The highest BCUT2D eigenvalue weighted by Crippen LogP contribution is 2.23. The third-order valence-electron chi connectivity index (χ3n) is 5.71. The summed E-state index contributed by atoms with van der Waals surface area (Å²) in [5.41, 5.74) is 1.27. The van der Waals surface area contributed by atoms with E-state index in [1.165, 1.54) is 16.1 Å². The van der Waals surface area contributed by atoms with E-state index in [-0.39, 0.29) is 24.0 Å². The first-order valence-corrected chi connectivity index (χ1v) is 12.0. The third-order valence-corrected chi connectivity index (χ3v) is 6.75. The average Bonchev–Trinajstić information content (AvgIpc) is 3.53. The van der Waals surface area contributed by atoms with E-state index in [9.17, 15) is 9.59 Å². The molecular formula is C23H28N6O3S. The molecule has 0 radical (unpaired) electrons. The van der Waals surface area contributed by atoms with Gasteiger partial charge in [-0.15, -0.1) is 11.3 Å². The standard InChI is InChI=1S/C23H28N6O3S/c1-3-32-23(31)20-14-25-21(33-20)10-11-24-17-9-8-16(2)28(15-17)22(30)18-6-4-5-7-19(18)29-26-12-13-27-29/h4-7,12-14,16-17,24H,3,8-11,15H2,1-2H3/t16-,17?/m1/s1. The molecule has 3 aromatic rings. The van der Waals surface area contributed by atoms with E-state index in [4.69, 9.17) is 4.74 Å². The van der Waals surface area contributed by atoms with E-state index in [0.717, 1.165) is 30.8 Å². The first-order chi connectivity index (χ1) is 16.1. The van der Waals surface area contributed by atoms with Crippen molar-refractivity contribution in [3.8, 4) is 5.69 Å². The number of thiazole rings is 1. The number of para-hydroxylation sites is 1. The van der Waals surface area contributed by atoms with Gasteiger partial charge in [0.2, 0.25) is 0 Å². The van der Waals surface area contributed by atoms with Crippen LogP contribution in [0.25, 0.3) is 5.69 Å². The van der Waals surface area contributed by atoms with Crippen LogP contribution in [0.2, 0.25) is 0 Å². The Morgan fingerprint density at radius 2 is 2.00 bits per heavy atom.